The van der Waals surface area contributed by atoms with Crippen molar-refractivity contribution in [1.82, 2.24) is 4.98 Å². The molecule has 3 aromatic rings. The predicted molar refractivity (Wildman–Crippen MR) is 96.0 cm³/mol. The summed E-state index contributed by atoms with van der Waals surface area (Å²) in [7, 11) is 0. The van der Waals surface area contributed by atoms with Gasteiger partial charge in [0, 0.05) is 27.7 Å². The van der Waals surface area contributed by atoms with Crippen LogP contribution >= 0.6 is 15.9 Å². The molecule has 24 heavy (non-hydrogen) atoms. The standard InChI is InChI=1S/C18H13BrFN3O/c19-12-3-1-5-14(9-12)22-16-7-8-21-17(11-16)18(24)23-15-6-2-4-13(20)10-15/h1-11H,(H,21,22)(H,23,24). The van der Waals surface area contributed by atoms with E-state index < -0.39 is 11.7 Å². The van der Waals surface area contributed by atoms with Crippen LogP contribution in [0.4, 0.5) is 21.5 Å². The summed E-state index contributed by atoms with van der Waals surface area (Å²) in [6.45, 7) is 0. The second-order valence-electron chi connectivity index (χ2n) is 5.03. The van der Waals surface area contributed by atoms with E-state index in [9.17, 15) is 9.18 Å². The number of aromatic nitrogens is 1. The lowest BCUT2D eigenvalue weighted by atomic mass is 10.2. The SMILES string of the molecule is O=C(Nc1cccc(F)c1)c1cc(Nc2cccc(Br)c2)ccn1. The smallest absolute Gasteiger partial charge is 0.274 e. The molecule has 0 fully saturated rings. The van der Waals surface area contributed by atoms with Crippen LogP contribution in [0, 0.1) is 5.82 Å². The largest absolute Gasteiger partial charge is 0.355 e. The van der Waals surface area contributed by atoms with Crippen LogP contribution in [0.15, 0.2) is 71.3 Å². The molecular formula is C18H13BrFN3O. The summed E-state index contributed by atoms with van der Waals surface area (Å²) in [5.74, 6) is -0.815. The Balaban J connectivity index is 1.76. The molecule has 0 unspecified atom stereocenters. The Morgan fingerprint density at radius 3 is 2.50 bits per heavy atom. The molecule has 0 aliphatic carbocycles. The molecule has 0 saturated carbocycles. The Bertz CT molecular complexity index is 885. The first-order valence-corrected chi connectivity index (χ1v) is 7.95. The van der Waals surface area contributed by atoms with Gasteiger partial charge in [-0.05, 0) is 48.5 Å². The first-order chi connectivity index (χ1) is 11.6. The highest BCUT2D eigenvalue weighted by atomic mass is 79.9. The van der Waals surface area contributed by atoms with Crippen LogP contribution in [-0.2, 0) is 0 Å². The van der Waals surface area contributed by atoms with Gasteiger partial charge in [0.05, 0.1) is 0 Å². The number of hydrogen-bond acceptors (Lipinski definition) is 3. The van der Waals surface area contributed by atoms with E-state index in [2.05, 4.69) is 31.5 Å². The molecule has 3 rings (SSSR count). The molecule has 0 bridgehead atoms. The number of carbonyl (C=O) groups excluding carboxylic acids is 1. The molecule has 0 saturated heterocycles. The Morgan fingerprint density at radius 1 is 0.958 bits per heavy atom. The first-order valence-electron chi connectivity index (χ1n) is 7.16. The molecule has 1 heterocycles. The topological polar surface area (TPSA) is 54.0 Å². The third kappa shape index (κ3) is 4.17. The highest BCUT2D eigenvalue weighted by Crippen LogP contribution is 2.21. The summed E-state index contributed by atoms with van der Waals surface area (Å²) >= 11 is 3.41. The van der Waals surface area contributed by atoms with Gasteiger partial charge in [0.25, 0.3) is 5.91 Å². The van der Waals surface area contributed by atoms with Gasteiger partial charge in [0.2, 0.25) is 0 Å². The molecule has 4 nitrogen and oxygen atoms in total. The molecule has 2 N–H and O–H groups in total. The minimum Gasteiger partial charge on any atom is -0.355 e. The zero-order valence-electron chi connectivity index (χ0n) is 12.5. The number of hydrogen-bond donors (Lipinski definition) is 2. The minimum absolute atomic E-state index is 0.235. The number of carbonyl (C=O) groups is 1. The number of pyridine rings is 1. The second-order valence-corrected chi connectivity index (χ2v) is 5.95. The molecule has 1 aromatic heterocycles. The van der Waals surface area contributed by atoms with Crippen molar-refractivity contribution in [3.8, 4) is 0 Å². The molecular weight excluding hydrogens is 373 g/mol. The maximum atomic E-state index is 13.2. The molecule has 120 valence electrons. The van der Waals surface area contributed by atoms with Crippen LogP contribution in [0.1, 0.15) is 10.5 Å². The Hall–Kier alpha value is -2.73. The van der Waals surface area contributed by atoms with E-state index in [-0.39, 0.29) is 5.69 Å². The minimum atomic E-state index is -0.411. The van der Waals surface area contributed by atoms with E-state index in [0.717, 1.165) is 15.8 Å². The fourth-order valence-electron chi connectivity index (χ4n) is 2.13. The van der Waals surface area contributed by atoms with Crippen LogP contribution in [0.3, 0.4) is 0 Å². The van der Waals surface area contributed by atoms with Crippen LogP contribution in [0.5, 0.6) is 0 Å². The number of rotatable bonds is 4. The van der Waals surface area contributed by atoms with Gasteiger partial charge in [0.1, 0.15) is 11.5 Å². The van der Waals surface area contributed by atoms with Gasteiger partial charge in [-0.2, -0.15) is 0 Å². The lowest BCUT2D eigenvalue weighted by Crippen LogP contribution is -2.13. The van der Waals surface area contributed by atoms with Crippen LogP contribution in [0.2, 0.25) is 0 Å². The van der Waals surface area contributed by atoms with E-state index in [1.807, 2.05) is 24.3 Å². The molecule has 0 aliphatic rings. The maximum absolute atomic E-state index is 13.2. The molecule has 2 aromatic carbocycles. The molecule has 0 atom stereocenters. The summed E-state index contributed by atoms with van der Waals surface area (Å²) < 4.78 is 14.1. The van der Waals surface area contributed by atoms with E-state index in [0.29, 0.717) is 5.69 Å². The van der Waals surface area contributed by atoms with Crippen molar-refractivity contribution < 1.29 is 9.18 Å². The van der Waals surface area contributed by atoms with Crippen molar-refractivity contribution in [2.45, 2.75) is 0 Å². The molecule has 0 spiro atoms. The fraction of sp³-hybridized carbons (Fsp3) is 0. The van der Waals surface area contributed by atoms with Gasteiger partial charge in [-0.25, -0.2) is 4.39 Å². The third-order valence-corrected chi connectivity index (χ3v) is 3.68. The highest BCUT2D eigenvalue weighted by Gasteiger charge is 2.09. The number of amides is 1. The van der Waals surface area contributed by atoms with E-state index in [1.165, 1.54) is 18.2 Å². The van der Waals surface area contributed by atoms with E-state index >= 15 is 0 Å². The Kier molecular flexibility index (Phi) is 4.86. The van der Waals surface area contributed by atoms with Gasteiger partial charge in [-0.1, -0.05) is 28.1 Å². The summed E-state index contributed by atoms with van der Waals surface area (Å²) in [6.07, 6.45) is 1.54. The van der Waals surface area contributed by atoms with E-state index in [4.69, 9.17) is 0 Å². The van der Waals surface area contributed by atoms with Gasteiger partial charge in [-0.15, -0.1) is 0 Å². The van der Waals surface area contributed by atoms with Crippen LogP contribution in [0.25, 0.3) is 0 Å². The summed E-state index contributed by atoms with van der Waals surface area (Å²) in [5, 5.41) is 5.83. The monoisotopic (exact) mass is 385 g/mol. The molecule has 0 radical (unpaired) electrons. The summed E-state index contributed by atoms with van der Waals surface area (Å²) in [4.78, 5) is 16.3. The van der Waals surface area contributed by atoms with Crippen molar-refractivity contribution in [2.75, 3.05) is 10.6 Å². The zero-order chi connectivity index (χ0) is 16.9. The van der Waals surface area contributed by atoms with Gasteiger partial charge < -0.3 is 10.6 Å². The van der Waals surface area contributed by atoms with Gasteiger partial charge >= 0.3 is 0 Å². The summed E-state index contributed by atoms with van der Waals surface area (Å²) in [5.41, 5.74) is 2.23. The third-order valence-electron chi connectivity index (χ3n) is 3.19. The van der Waals surface area contributed by atoms with Crippen molar-refractivity contribution in [1.29, 1.82) is 0 Å². The molecule has 6 heteroatoms. The normalized spacial score (nSPS) is 10.2. The number of anilines is 3. The van der Waals surface area contributed by atoms with E-state index in [1.54, 1.807) is 24.4 Å². The average Bonchev–Trinajstić information content (AvgIpc) is 2.55. The lowest BCUT2D eigenvalue weighted by molar-refractivity contribution is 0.102. The Labute approximate surface area is 146 Å². The van der Waals surface area contributed by atoms with Crippen LogP contribution in [-0.4, -0.2) is 10.9 Å². The van der Waals surface area contributed by atoms with Crippen molar-refractivity contribution in [3.05, 3.63) is 82.8 Å². The Morgan fingerprint density at radius 2 is 1.71 bits per heavy atom. The molecule has 1 amide bonds. The fourth-order valence-corrected chi connectivity index (χ4v) is 2.53. The van der Waals surface area contributed by atoms with Crippen molar-refractivity contribution in [2.24, 2.45) is 0 Å². The van der Waals surface area contributed by atoms with Crippen molar-refractivity contribution >= 4 is 38.9 Å². The predicted octanol–water partition coefficient (Wildman–Crippen LogP) is 4.98. The first kappa shape index (κ1) is 16.1. The quantitative estimate of drug-likeness (QED) is 0.665. The number of nitrogens with zero attached hydrogens (tertiary/aromatic N) is 1. The number of halogens is 2. The number of nitrogens with one attached hydrogen (secondary N) is 2. The average molecular weight is 386 g/mol. The van der Waals surface area contributed by atoms with Gasteiger partial charge in [0.15, 0.2) is 0 Å². The highest BCUT2D eigenvalue weighted by molar-refractivity contribution is 9.10. The summed E-state index contributed by atoms with van der Waals surface area (Å²) in [6, 6.07) is 16.8. The molecule has 0 aliphatic heterocycles. The van der Waals surface area contributed by atoms with Crippen molar-refractivity contribution in [3.63, 3.8) is 0 Å². The van der Waals surface area contributed by atoms with Gasteiger partial charge in [-0.3, -0.25) is 9.78 Å². The number of benzene rings is 2. The van der Waals surface area contributed by atoms with Crippen LogP contribution < -0.4 is 10.6 Å². The second kappa shape index (κ2) is 7.23. The lowest BCUT2D eigenvalue weighted by Gasteiger charge is -2.09. The maximum Gasteiger partial charge on any atom is 0.274 e. The zero-order valence-corrected chi connectivity index (χ0v) is 14.0.